The molecule has 10 heteroatoms. The molecule has 0 aliphatic carbocycles. The Morgan fingerprint density at radius 2 is 1.89 bits per heavy atom. The van der Waals surface area contributed by atoms with Crippen molar-refractivity contribution < 1.29 is 18.7 Å². The van der Waals surface area contributed by atoms with Crippen molar-refractivity contribution in [2.75, 3.05) is 17.6 Å². The summed E-state index contributed by atoms with van der Waals surface area (Å²) < 4.78 is 33.9. The van der Waals surface area contributed by atoms with Crippen LogP contribution in [0, 0.1) is 11.6 Å². The van der Waals surface area contributed by atoms with Crippen LogP contribution < -0.4 is 16.5 Å². The van der Waals surface area contributed by atoms with E-state index in [1.54, 1.807) is 18.7 Å². The summed E-state index contributed by atoms with van der Waals surface area (Å²) in [5.74, 6) is -3.59. The number of rotatable bonds is 10. The third-order valence-electron chi connectivity index (χ3n) is 5.83. The van der Waals surface area contributed by atoms with Gasteiger partial charge in [-0.15, -0.1) is 0 Å². The molecule has 4 rings (SSSR count). The number of aromatic nitrogens is 3. The zero-order valence-electron chi connectivity index (χ0n) is 18.9. The van der Waals surface area contributed by atoms with Crippen LogP contribution in [-0.2, 0) is 19.5 Å². The standard InChI is InChI=1S/C25H25F2N5O3/c26-19-21(28)18-23(20(27)22(19)30-9-4-8-16-6-2-1-3-7-16)32(14-17(24(18)33)25(34)35)12-5-11-31-13-10-29-15-31/h1-3,6-7,10,13-15,30H,4-5,8-9,11-12,28H2,(H,34,35). The van der Waals surface area contributed by atoms with E-state index in [-0.39, 0.29) is 18.6 Å². The molecule has 8 nitrogen and oxygen atoms in total. The Labute approximate surface area is 199 Å². The lowest BCUT2D eigenvalue weighted by Gasteiger charge is -2.18. The average molecular weight is 482 g/mol. The average Bonchev–Trinajstić information content (AvgIpc) is 3.36. The Balaban J connectivity index is 1.68. The summed E-state index contributed by atoms with van der Waals surface area (Å²) in [6, 6.07) is 9.69. The normalized spacial score (nSPS) is 11.1. The molecule has 182 valence electrons. The van der Waals surface area contributed by atoms with Gasteiger partial charge in [0.25, 0.3) is 0 Å². The first kappa shape index (κ1) is 23.9. The van der Waals surface area contributed by atoms with E-state index in [2.05, 4.69) is 10.3 Å². The minimum Gasteiger partial charge on any atom is -0.477 e. The molecule has 4 N–H and O–H groups in total. The first-order chi connectivity index (χ1) is 16.9. The topological polar surface area (TPSA) is 115 Å². The number of pyridine rings is 1. The highest BCUT2D eigenvalue weighted by Crippen LogP contribution is 2.33. The number of halogens is 2. The van der Waals surface area contributed by atoms with Gasteiger partial charge in [-0.3, -0.25) is 4.79 Å². The van der Waals surface area contributed by atoms with Crippen LogP contribution in [0.1, 0.15) is 28.8 Å². The molecule has 0 saturated heterocycles. The molecule has 0 fully saturated rings. The second kappa shape index (κ2) is 10.4. The highest BCUT2D eigenvalue weighted by atomic mass is 19.1. The molecule has 0 aliphatic heterocycles. The number of anilines is 2. The van der Waals surface area contributed by atoms with E-state index >= 15 is 8.78 Å². The van der Waals surface area contributed by atoms with Crippen molar-refractivity contribution in [3.8, 4) is 0 Å². The Kier molecular flexibility index (Phi) is 7.09. The van der Waals surface area contributed by atoms with Crippen LogP contribution in [0.5, 0.6) is 0 Å². The number of carbonyl (C=O) groups is 1. The zero-order valence-corrected chi connectivity index (χ0v) is 18.9. The number of imidazole rings is 1. The number of aryl methyl sites for hydroxylation is 3. The molecule has 0 spiro atoms. The van der Waals surface area contributed by atoms with E-state index in [0.29, 0.717) is 25.8 Å². The molecule has 0 atom stereocenters. The summed E-state index contributed by atoms with van der Waals surface area (Å²) in [6.45, 7) is 0.968. The Morgan fingerprint density at radius 3 is 2.57 bits per heavy atom. The quantitative estimate of drug-likeness (QED) is 0.234. The SMILES string of the molecule is Nc1c(F)c(NCCCc2ccccc2)c(F)c2c1c(=O)c(C(=O)O)cn2CCCn1ccnc1. The van der Waals surface area contributed by atoms with Gasteiger partial charge in [-0.25, -0.2) is 18.6 Å². The molecule has 35 heavy (non-hydrogen) atoms. The van der Waals surface area contributed by atoms with Crippen molar-refractivity contribution in [2.45, 2.75) is 32.4 Å². The molecule has 4 aromatic rings. The van der Waals surface area contributed by atoms with Gasteiger partial charge in [0, 0.05) is 38.2 Å². The third-order valence-corrected chi connectivity index (χ3v) is 5.83. The Bertz CT molecular complexity index is 1400. The predicted molar refractivity (Wildman–Crippen MR) is 130 cm³/mol. The molecular weight excluding hydrogens is 456 g/mol. The maximum atomic E-state index is 15.7. The van der Waals surface area contributed by atoms with Gasteiger partial charge in [0.05, 0.1) is 22.9 Å². The molecule has 0 unspecified atom stereocenters. The van der Waals surface area contributed by atoms with Crippen LogP contribution in [0.2, 0.25) is 0 Å². The van der Waals surface area contributed by atoms with Crippen molar-refractivity contribution in [2.24, 2.45) is 0 Å². The van der Waals surface area contributed by atoms with Gasteiger partial charge in [-0.2, -0.15) is 0 Å². The number of carboxylic acid groups (broad SMARTS) is 1. The van der Waals surface area contributed by atoms with Gasteiger partial charge < -0.3 is 25.3 Å². The van der Waals surface area contributed by atoms with E-state index in [1.165, 1.54) is 4.57 Å². The van der Waals surface area contributed by atoms with Crippen molar-refractivity contribution >= 4 is 28.2 Å². The summed E-state index contributed by atoms with van der Waals surface area (Å²) in [5, 5.41) is 11.8. The first-order valence-corrected chi connectivity index (χ1v) is 11.2. The fourth-order valence-corrected chi connectivity index (χ4v) is 4.09. The number of nitrogens with zero attached hydrogens (tertiary/aromatic N) is 3. The maximum Gasteiger partial charge on any atom is 0.341 e. The second-order valence-electron chi connectivity index (χ2n) is 8.18. The Hall–Kier alpha value is -4.21. The minimum absolute atomic E-state index is 0.171. The number of nitrogens with one attached hydrogen (secondary N) is 1. The predicted octanol–water partition coefficient (Wildman–Crippen LogP) is 3.89. The lowest BCUT2D eigenvalue weighted by atomic mass is 10.1. The lowest BCUT2D eigenvalue weighted by Crippen LogP contribution is -2.22. The number of hydrogen-bond donors (Lipinski definition) is 3. The molecule has 2 aromatic carbocycles. The van der Waals surface area contributed by atoms with Crippen molar-refractivity contribution in [3.05, 3.63) is 88.2 Å². The van der Waals surface area contributed by atoms with Crippen molar-refractivity contribution in [1.82, 2.24) is 14.1 Å². The smallest absolute Gasteiger partial charge is 0.341 e. The lowest BCUT2D eigenvalue weighted by molar-refractivity contribution is 0.0694. The van der Waals surface area contributed by atoms with Gasteiger partial charge in [-0.1, -0.05) is 30.3 Å². The third kappa shape index (κ3) is 5.01. The zero-order chi connectivity index (χ0) is 24.9. The van der Waals surface area contributed by atoms with E-state index in [4.69, 9.17) is 5.73 Å². The van der Waals surface area contributed by atoms with Crippen LogP contribution >= 0.6 is 0 Å². The van der Waals surface area contributed by atoms with E-state index in [1.807, 2.05) is 34.9 Å². The largest absolute Gasteiger partial charge is 0.477 e. The molecule has 2 aromatic heterocycles. The minimum atomic E-state index is -1.50. The second-order valence-corrected chi connectivity index (χ2v) is 8.18. The Morgan fingerprint density at radius 1 is 1.11 bits per heavy atom. The number of fused-ring (bicyclic) bond motifs is 1. The highest BCUT2D eigenvalue weighted by Gasteiger charge is 2.25. The molecular formula is C25H25F2N5O3. The molecule has 0 saturated carbocycles. The van der Waals surface area contributed by atoms with Crippen LogP contribution in [0.3, 0.4) is 0 Å². The van der Waals surface area contributed by atoms with Crippen molar-refractivity contribution in [1.29, 1.82) is 0 Å². The molecule has 0 aliphatic rings. The summed E-state index contributed by atoms with van der Waals surface area (Å²) in [4.78, 5) is 28.4. The number of benzene rings is 2. The number of hydrogen-bond acceptors (Lipinski definition) is 5. The molecule has 0 radical (unpaired) electrons. The van der Waals surface area contributed by atoms with Crippen LogP contribution in [-0.4, -0.2) is 31.7 Å². The van der Waals surface area contributed by atoms with E-state index < -0.39 is 45.4 Å². The molecule has 0 bridgehead atoms. The molecule has 0 amide bonds. The maximum absolute atomic E-state index is 15.7. The van der Waals surface area contributed by atoms with Crippen molar-refractivity contribution in [3.63, 3.8) is 0 Å². The van der Waals surface area contributed by atoms with Gasteiger partial charge in [0.2, 0.25) is 5.43 Å². The summed E-state index contributed by atoms with van der Waals surface area (Å²) in [7, 11) is 0. The summed E-state index contributed by atoms with van der Waals surface area (Å²) in [6.07, 6.45) is 7.88. The van der Waals surface area contributed by atoms with E-state index in [9.17, 15) is 14.7 Å². The van der Waals surface area contributed by atoms with Gasteiger partial charge in [0.1, 0.15) is 11.3 Å². The first-order valence-electron chi connectivity index (χ1n) is 11.2. The number of aromatic carboxylic acids is 1. The van der Waals surface area contributed by atoms with Gasteiger partial charge in [-0.05, 0) is 24.8 Å². The van der Waals surface area contributed by atoms with Gasteiger partial charge in [0.15, 0.2) is 11.6 Å². The monoisotopic (exact) mass is 481 g/mol. The fourth-order valence-electron chi connectivity index (χ4n) is 4.09. The number of nitrogens with two attached hydrogens (primary N) is 1. The highest BCUT2D eigenvalue weighted by molar-refractivity contribution is 5.99. The number of carboxylic acids is 1. The number of nitrogen functional groups attached to an aromatic ring is 1. The molecule has 2 heterocycles. The van der Waals surface area contributed by atoms with Crippen LogP contribution in [0.15, 0.2) is 60.0 Å². The van der Waals surface area contributed by atoms with Gasteiger partial charge >= 0.3 is 5.97 Å². The van der Waals surface area contributed by atoms with Crippen LogP contribution in [0.4, 0.5) is 20.2 Å². The van der Waals surface area contributed by atoms with Crippen LogP contribution in [0.25, 0.3) is 10.9 Å². The fraction of sp³-hybridized carbons (Fsp3) is 0.240. The summed E-state index contributed by atoms with van der Waals surface area (Å²) >= 11 is 0. The van der Waals surface area contributed by atoms with E-state index in [0.717, 1.165) is 11.8 Å². The summed E-state index contributed by atoms with van der Waals surface area (Å²) in [5.41, 5.74) is 4.16.